The van der Waals surface area contributed by atoms with E-state index in [1.807, 2.05) is 6.07 Å². The molecule has 8 heteroatoms. The van der Waals surface area contributed by atoms with Crippen LogP contribution >= 0.6 is 23.2 Å². The van der Waals surface area contributed by atoms with Crippen molar-refractivity contribution in [3.8, 4) is 0 Å². The number of aryl methyl sites for hydroxylation is 1. The molecule has 2 atom stereocenters. The van der Waals surface area contributed by atoms with E-state index in [1.54, 1.807) is 12.4 Å². The van der Waals surface area contributed by atoms with Gasteiger partial charge in [-0.2, -0.15) is 0 Å². The lowest BCUT2D eigenvalue weighted by atomic mass is 9.97. The normalized spacial score (nSPS) is 18.5. The van der Waals surface area contributed by atoms with Gasteiger partial charge in [0, 0.05) is 30.0 Å². The van der Waals surface area contributed by atoms with Crippen LogP contribution in [-0.4, -0.2) is 35.5 Å². The lowest BCUT2D eigenvalue weighted by Gasteiger charge is -2.14. The van der Waals surface area contributed by atoms with Crippen LogP contribution in [0.3, 0.4) is 0 Å². The molecule has 174 valence electrons. The van der Waals surface area contributed by atoms with Crippen LogP contribution in [0.15, 0.2) is 48.9 Å². The van der Waals surface area contributed by atoms with E-state index in [-0.39, 0.29) is 0 Å². The van der Waals surface area contributed by atoms with Crippen molar-refractivity contribution in [2.45, 2.75) is 57.8 Å². The largest absolute Gasteiger partial charge is 0.366 e. The molecule has 4 aromatic rings. The molecule has 0 radical (unpaired) electrons. The Morgan fingerprint density at radius 1 is 1.03 bits per heavy atom. The smallest absolute Gasteiger partial charge is 0.158 e. The zero-order chi connectivity index (χ0) is 23.6. The molecule has 0 aliphatic heterocycles. The number of aliphatic hydroxyl groups is 2. The molecule has 0 saturated heterocycles. The SMILES string of the molecule is CC(C)(O)O.Clc1cc2ccc(CCC3CCC(n4ccc5nccnc54)C3)cc2nc1Cl. The van der Waals surface area contributed by atoms with Crippen molar-refractivity contribution >= 4 is 45.3 Å². The Labute approximate surface area is 203 Å². The fraction of sp³-hybridized carbons (Fsp3) is 0.400. The number of benzene rings is 1. The summed E-state index contributed by atoms with van der Waals surface area (Å²) in [6.07, 6.45) is 11.6. The van der Waals surface area contributed by atoms with Crippen LogP contribution < -0.4 is 0 Å². The quantitative estimate of drug-likeness (QED) is 0.274. The minimum Gasteiger partial charge on any atom is -0.366 e. The maximum Gasteiger partial charge on any atom is 0.158 e. The van der Waals surface area contributed by atoms with Crippen LogP contribution in [-0.2, 0) is 6.42 Å². The van der Waals surface area contributed by atoms with Crippen LogP contribution in [0.25, 0.3) is 22.1 Å². The molecule has 1 aliphatic carbocycles. The van der Waals surface area contributed by atoms with Crippen molar-refractivity contribution in [2.75, 3.05) is 0 Å². The first-order chi connectivity index (χ1) is 15.7. The molecule has 2 unspecified atom stereocenters. The van der Waals surface area contributed by atoms with Crippen LogP contribution in [0.2, 0.25) is 10.2 Å². The van der Waals surface area contributed by atoms with Crippen molar-refractivity contribution in [1.82, 2.24) is 19.5 Å². The third kappa shape index (κ3) is 6.21. The van der Waals surface area contributed by atoms with E-state index in [1.165, 1.54) is 45.1 Å². The second kappa shape index (κ2) is 9.94. The summed E-state index contributed by atoms with van der Waals surface area (Å²) in [5.41, 5.74) is 4.20. The van der Waals surface area contributed by atoms with Gasteiger partial charge >= 0.3 is 0 Å². The molecule has 0 bridgehead atoms. The van der Waals surface area contributed by atoms with E-state index < -0.39 is 5.79 Å². The summed E-state index contributed by atoms with van der Waals surface area (Å²) >= 11 is 12.1. The molecule has 3 heterocycles. The minimum atomic E-state index is -1.50. The van der Waals surface area contributed by atoms with Gasteiger partial charge in [0.15, 0.2) is 11.4 Å². The predicted octanol–water partition coefficient (Wildman–Crippen LogP) is 5.97. The summed E-state index contributed by atoms with van der Waals surface area (Å²) in [4.78, 5) is 13.3. The van der Waals surface area contributed by atoms with E-state index in [2.05, 4.69) is 50.0 Å². The lowest BCUT2D eigenvalue weighted by Crippen LogP contribution is -2.15. The van der Waals surface area contributed by atoms with Gasteiger partial charge in [-0.05, 0) is 75.6 Å². The van der Waals surface area contributed by atoms with Gasteiger partial charge in [-0.15, -0.1) is 0 Å². The molecular formula is C25H28Cl2N4O2. The summed E-state index contributed by atoms with van der Waals surface area (Å²) in [6.45, 7) is 2.60. The molecule has 1 aliphatic rings. The van der Waals surface area contributed by atoms with Gasteiger partial charge in [-0.3, -0.25) is 4.98 Å². The van der Waals surface area contributed by atoms with E-state index in [0.29, 0.717) is 16.2 Å². The topological polar surface area (TPSA) is 84.1 Å². The van der Waals surface area contributed by atoms with Crippen LogP contribution in [0.4, 0.5) is 0 Å². The standard InChI is InChI=1S/C22H20Cl2N4.C3H8O2/c23-18-13-16-5-3-15(12-20(16)27-21(18)24)2-1-14-4-6-17(11-14)28-10-7-19-22(28)26-9-8-25-19;1-3(2,4)5/h3,5,7-10,12-14,17H,1-2,4,6,11H2;4-5H,1-2H3. The van der Waals surface area contributed by atoms with Crippen molar-refractivity contribution in [2.24, 2.45) is 5.92 Å². The van der Waals surface area contributed by atoms with E-state index in [4.69, 9.17) is 33.4 Å². The highest BCUT2D eigenvalue weighted by Gasteiger charge is 2.26. The highest BCUT2D eigenvalue weighted by Crippen LogP contribution is 2.38. The number of rotatable bonds is 4. The van der Waals surface area contributed by atoms with E-state index in [9.17, 15) is 0 Å². The highest BCUT2D eigenvalue weighted by molar-refractivity contribution is 6.41. The monoisotopic (exact) mass is 486 g/mol. The summed E-state index contributed by atoms with van der Waals surface area (Å²) in [6, 6.07) is 10.9. The first-order valence-corrected chi connectivity index (χ1v) is 11.9. The number of nitrogens with zero attached hydrogens (tertiary/aromatic N) is 4. The van der Waals surface area contributed by atoms with E-state index in [0.717, 1.165) is 34.4 Å². The average Bonchev–Trinajstić information content (AvgIpc) is 3.38. The second-order valence-corrected chi connectivity index (χ2v) is 9.91. The van der Waals surface area contributed by atoms with Crippen LogP contribution in [0.5, 0.6) is 0 Å². The van der Waals surface area contributed by atoms with Gasteiger partial charge in [0.1, 0.15) is 10.7 Å². The van der Waals surface area contributed by atoms with Gasteiger partial charge in [0.25, 0.3) is 0 Å². The average molecular weight is 487 g/mol. The molecular weight excluding hydrogens is 459 g/mol. The summed E-state index contributed by atoms with van der Waals surface area (Å²) in [7, 11) is 0. The van der Waals surface area contributed by atoms with Gasteiger partial charge in [-0.1, -0.05) is 35.3 Å². The number of aromatic nitrogens is 4. The molecule has 1 aromatic carbocycles. The van der Waals surface area contributed by atoms with Gasteiger partial charge in [-0.25, -0.2) is 9.97 Å². The van der Waals surface area contributed by atoms with E-state index >= 15 is 0 Å². The number of fused-ring (bicyclic) bond motifs is 2. The Balaban J connectivity index is 0.000000471. The molecule has 1 fully saturated rings. The Bertz CT molecular complexity index is 1250. The third-order valence-corrected chi connectivity index (χ3v) is 6.56. The van der Waals surface area contributed by atoms with Crippen molar-refractivity contribution in [3.63, 3.8) is 0 Å². The van der Waals surface area contributed by atoms with Gasteiger partial charge in [0.05, 0.1) is 10.5 Å². The van der Waals surface area contributed by atoms with Crippen molar-refractivity contribution in [1.29, 1.82) is 0 Å². The lowest BCUT2D eigenvalue weighted by molar-refractivity contribution is -0.127. The fourth-order valence-corrected chi connectivity index (χ4v) is 4.73. The van der Waals surface area contributed by atoms with Crippen molar-refractivity contribution in [3.05, 3.63) is 64.7 Å². The number of pyridine rings is 1. The van der Waals surface area contributed by atoms with Gasteiger partial charge < -0.3 is 14.8 Å². The molecule has 1 saturated carbocycles. The number of halogens is 2. The van der Waals surface area contributed by atoms with Crippen molar-refractivity contribution < 1.29 is 10.2 Å². The predicted molar refractivity (Wildman–Crippen MR) is 133 cm³/mol. The third-order valence-electron chi connectivity index (χ3n) is 5.88. The minimum absolute atomic E-state index is 0.368. The number of hydrogen-bond acceptors (Lipinski definition) is 5. The molecule has 2 N–H and O–H groups in total. The molecule has 0 amide bonds. The maximum absolute atomic E-state index is 8.08. The molecule has 3 aromatic heterocycles. The summed E-state index contributed by atoms with van der Waals surface area (Å²) in [5, 5.41) is 18.0. The van der Waals surface area contributed by atoms with Crippen LogP contribution in [0.1, 0.15) is 51.1 Å². The number of hydrogen-bond donors (Lipinski definition) is 2. The molecule has 0 spiro atoms. The summed E-state index contributed by atoms with van der Waals surface area (Å²) < 4.78 is 2.31. The molecule has 5 rings (SSSR count). The zero-order valence-corrected chi connectivity index (χ0v) is 20.3. The first-order valence-electron chi connectivity index (χ1n) is 11.1. The fourth-order valence-electron chi connectivity index (χ4n) is 4.43. The Morgan fingerprint density at radius 3 is 2.58 bits per heavy atom. The highest BCUT2D eigenvalue weighted by atomic mass is 35.5. The Kier molecular flexibility index (Phi) is 7.19. The van der Waals surface area contributed by atoms with Gasteiger partial charge in [0.2, 0.25) is 0 Å². The maximum atomic E-state index is 8.08. The molecule has 33 heavy (non-hydrogen) atoms. The van der Waals surface area contributed by atoms with Crippen LogP contribution in [0, 0.1) is 5.92 Å². The second-order valence-electron chi connectivity index (χ2n) is 9.14. The Morgan fingerprint density at radius 2 is 1.79 bits per heavy atom. The zero-order valence-electron chi connectivity index (χ0n) is 18.7. The molecule has 6 nitrogen and oxygen atoms in total. The Hall–Kier alpha value is -2.25. The summed E-state index contributed by atoms with van der Waals surface area (Å²) in [5.74, 6) is -0.767. The first kappa shape index (κ1) is 23.9.